The second-order valence-corrected chi connectivity index (χ2v) is 24.4. The fourth-order valence-corrected chi connectivity index (χ4v) is 10.2. The van der Waals surface area contributed by atoms with E-state index in [1.807, 2.05) is 33.3 Å². The van der Waals surface area contributed by atoms with Gasteiger partial charge in [0.05, 0.1) is 33.8 Å². The molecule has 3 atom stereocenters. The molecule has 0 fully saturated rings. The van der Waals surface area contributed by atoms with Gasteiger partial charge in [-0.25, -0.2) is 4.57 Å². The van der Waals surface area contributed by atoms with E-state index < -0.39 is 20.0 Å². The van der Waals surface area contributed by atoms with Crippen molar-refractivity contribution in [3.63, 3.8) is 0 Å². The summed E-state index contributed by atoms with van der Waals surface area (Å²) in [5.41, 5.74) is 0. The maximum absolute atomic E-state index is 13.5. The summed E-state index contributed by atoms with van der Waals surface area (Å²) in [7, 11) is 1.50. The Kier molecular flexibility index (Phi) is 52.8. The summed E-state index contributed by atoms with van der Waals surface area (Å²) in [4.78, 5) is 37.6. The molecule has 0 aromatic heterocycles. The van der Waals surface area contributed by atoms with Crippen LogP contribution < -0.4 is 5.32 Å². The van der Waals surface area contributed by atoms with Crippen molar-refractivity contribution in [2.45, 2.75) is 328 Å². The summed E-state index contributed by atoms with van der Waals surface area (Å²) >= 11 is 0. The molecular weight excluding hydrogens is 928 g/mol. The molecule has 0 saturated carbocycles. The van der Waals surface area contributed by atoms with Crippen molar-refractivity contribution in [2.75, 3.05) is 40.9 Å². The van der Waals surface area contributed by atoms with Crippen molar-refractivity contribution in [1.29, 1.82) is 0 Å². The molecule has 1 amide bonds. The summed E-state index contributed by atoms with van der Waals surface area (Å²) in [6.45, 7) is 7.00. The van der Waals surface area contributed by atoms with Gasteiger partial charge >= 0.3 is 13.8 Å². The zero-order chi connectivity index (χ0) is 53.6. The number of carbonyl (C=O) groups is 2. The lowest BCUT2D eigenvalue weighted by Crippen LogP contribution is -2.47. The van der Waals surface area contributed by atoms with Gasteiger partial charge in [0.2, 0.25) is 5.91 Å². The van der Waals surface area contributed by atoms with Gasteiger partial charge in [0.25, 0.3) is 0 Å². The van der Waals surface area contributed by atoms with Gasteiger partial charge in [-0.3, -0.25) is 18.6 Å². The molecule has 9 nitrogen and oxygen atoms in total. The predicted octanol–water partition coefficient (Wildman–Crippen LogP) is 19.3. The molecule has 0 aromatic carbocycles. The van der Waals surface area contributed by atoms with Gasteiger partial charge in [-0.15, -0.1) is 0 Å². The highest BCUT2D eigenvalue weighted by Crippen LogP contribution is 2.43. The second kappa shape index (κ2) is 53.9. The minimum atomic E-state index is -4.44. The number of hydrogen-bond acceptors (Lipinski definition) is 6. The Morgan fingerprint density at radius 3 is 1.21 bits per heavy atom. The number of ether oxygens (including phenoxy) is 1. The highest BCUT2D eigenvalue weighted by Gasteiger charge is 2.30. The normalized spacial score (nSPS) is 13.8. The van der Waals surface area contributed by atoms with Crippen LogP contribution in [-0.2, 0) is 27.9 Å². The average molecular weight is 1050 g/mol. The van der Waals surface area contributed by atoms with E-state index in [0.717, 1.165) is 83.5 Å². The van der Waals surface area contributed by atoms with Crippen LogP contribution in [0.25, 0.3) is 0 Å². The number of unbranched alkanes of at least 4 members (excludes halogenated alkanes) is 40. The lowest BCUT2D eigenvalue weighted by molar-refractivity contribution is -0.870. The molecular formula is C63H124N2O7P+. The van der Waals surface area contributed by atoms with Crippen LogP contribution in [0.5, 0.6) is 0 Å². The third kappa shape index (κ3) is 55.1. The number of phosphoric ester groups is 1. The summed E-state index contributed by atoms with van der Waals surface area (Å²) in [6, 6.07) is -0.846. The van der Waals surface area contributed by atoms with Gasteiger partial charge in [-0.1, -0.05) is 277 Å². The molecule has 0 aliphatic carbocycles. The van der Waals surface area contributed by atoms with Crippen molar-refractivity contribution >= 4 is 19.7 Å². The number of carbonyl (C=O) groups excluding carboxylic acids is 2. The van der Waals surface area contributed by atoms with E-state index in [1.165, 1.54) is 199 Å². The minimum Gasteiger partial charge on any atom is -0.456 e. The van der Waals surface area contributed by atoms with E-state index in [1.54, 1.807) is 0 Å². The first-order valence-electron chi connectivity index (χ1n) is 31.7. The molecule has 73 heavy (non-hydrogen) atoms. The van der Waals surface area contributed by atoms with E-state index in [9.17, 15) is 19.0 Å². The fraction of sp³-hybridized carbons (Fsp3) is 0.905. The highest BCUT2D eigenvalue weighted by atomic mass is 31.2. The van der Waals surface area contributed by atoms with Crippen molar-refractivity contribution < 1.29 is 37.3 Å². The van der Waals surface area contributed by atoms with E-state index in [0.29, 0.717) is 23.9 Å². The molecule has 2 N–H and O–H groups in total. The number of quaternary nitrogens is 1. The highest BCUT2D eigenvalue weighted by molar-refractivity contribution is 7.47. The molecule has 432 valence electrons. The maximum atomic E-state index is 13.5. The molecule has 0 saturated heterocycles. The van der Waals surface area contributed by atoms with E-state index in [-0.39, 0.29) is 25.1 Å². The van der Waals surface area contributed by atoms with Crippen molar-refractivity contribution in [3.8, 4) is 0 Å². The van der Waals surface area contributed by atoms with Gasteiger partial charge in [0, 0.05) is 12.8 Å². The maximum Gasteiger partial charge on any atom is 0.472 e. The zero-order valence-corrected chi connectivity index (χ0v) is 50.3. The van der Waals surface area contributed by atoms with Gasteiger partial charge < -0.3 is 19.4 Å². The van der Waals surface area contributed by atoms with Crippen LogP contribution >= 0.6 is 7.82 Å². The number of phosphoric acid groups is 1. The first-order chi connectivity index (χ1) is 35.4. The van der Waals surface area contributed by atoms with Gasteiger partial charge in [-0.2, -0.15) is 0 Å². The number of nitrogens with one attached hydrogen (secondary N) is 1. The summed E-state index contributed by atoms with van der Waals surface area (Å²) < 4.78 is 30.6. The van der Waals surface area contributed by atoms with Crippen LogP contribution in [0.3, 0.4) is 0 Å². The van der Waals surface area contributed by atoms with Crippen LogP contribution in [-0.4, -0.2) is 74.3 Å². The molecule has 0 aromatic rings. The van der Waals surface area contributed by atoms with E-state index in [4.69, 9.17) is 13.8 Å². The van der Waals surface area contributed by atoms with E-state index in [2.05, 4.69) is 38.2 Å². The number of hydrogen-bond donors (Lipinski definition) is 2. The number of allylic oxidation sites excluding steroid dienone is 3. The number of esters is 1. The Morgan fingerprint density at radius 1 is 0.466 bits per heavy atom. The summed E-state index contributed by atoms with van der Waals surface area (Å²) in [6.07, 6.45) is 63.4. The molecule has 3 unspecified atom stereocenters. The number of likely N-dealkylation sites (N-methyl/N-ethyl adjacent to an activating group) is 1. The Balaban J connectivity index is 4.97. The second-order valence-electron chi connectivity index (χ2n) is 22.9. The van der Waals surface area contributed by atoms with Gasteiger partial charge in [-0.05, 0) is 51.0 Å². The first kappa shape index (κ1) is 71.5. The molecule has 0 bridgehead atoms. The third-order valence-corrected chi connectivity index (χ3v) is 15.4. The lowest BCUT2D eigenvalue weighted by Gasteiger charge is -2.27. The first-order valence-corrected chi connectivity index (χ1v) is 33.2. The van der Waals surface area contributed by atoms with Crippen LogP contribution in [0.15, 0.2) is 24.3 Å². The number of amides is 1. The van der Waals surface area contributed by atoms with Crippen LogP contribution in [0.2, 0.25) is 0 Å². The Labute approximate surface area is 454 Å². The fourth-order valence-electron chi connectivity index (χ4n) is 9.45. The van der Waals surface area contributed by atoms with Gasteiger partial charge in [0.15, 0.2) is 0 Å². The van der Waals surface area contributed by atoms with Crippen LogP contribution in [0, 0.1) is 0 Å². The molecule has 0 heterocycles. The molecule has 0 radical (unpaired) electrons. The average Bonchev–Trinajstić information content (AvgIpc) is 3.35. The zero-order valence-electron chi connectivity index (χ0n) is 49.4. The third-order valence-electron chi connectivity index (χ3n) is 14.4. The summed E-state index contributed by atoms with van der Waals surface area (Å²) in [5.74, 6) is -0.502. The van der Waals surface area contributed by atoms with Crippen LogP contribution in [0.4, 0.5) is 0 Å². The largest absolute Gasteiger partial charge is 0.472 e. The molecule has 0 aliphatic rings. The Bertz CT molecular complexity index is 1300. The predicted molar refractivity (Wildman–Crippen MR) is 314 cm³/mol. The van der Waals surface area contributed by atoms with Crippen molar-refractivity contribution in [3.05, 3.63) is 24.3 Å². The Hall–Kier alpha value is -1.51. The molecule has 0 aliphatic heterocycles. The molecule has 10 heteroatoms. The van der Waals surface area contributed by atoms with Crippen LogP contribution in [0.1, 0.15) is 316 Å². The SMILES string of the molecule is CCCC/C=C\CCCCCCCC(=O)NC(COP(=O)(O)OCC[N+](C)(C)C)C(/C=C\CCCCCCCCCCC)OC(=O)CCCCCCCCCCCCCCCCCCCCCCCCCCC. The number of rotatable bonds is 58. The van der Waals surface area contributed by atoms with Crippen molar-refractivity contribution in [1.82, 2.24) is 5.32 Å². The van der Waals surface area contributed by atoms with E-state index >= 15 is 0 Å². The topological polar surface area (TPSA) is 111 Å². The van der Waals surface area contributed by atoms with Crippen molar-refractivity contribution in [2.24, 2.45) is 0 Å². The minimum absolute atomic E-state index is 0.0418. The van der Waals surface area contributed by atoms with Gasteiger partial charge in [0.1, 0.15) is 19.3 Å². The lowest BCUT2D eigenvalue weighted by atomic mass is 10.0. The number of nitrogens with zero attached hydrogens (tertiary/aromatic N) is 1. The monoisotopic (exact) mass is 1050 g/mol. The Morgan fingerprint density at radius 2 is 0.808 bits per heavy atom. The quantitative estimate of drug-likeness (QED) is 0.0205. The standard InChI is InChI=1S/C63H123N2O7P/c1-7-10-13-16-19-22-25-26-27-28-29-30-31-32-33-34-35-36-37-38-41-44-47-50-53-56-63(67)72-61(54-51-48-45-42-39-23-20-17-14-11-8-2)60(59-71-73(68,69)70-58-57-65(4,5)6)64-62(66)55-52-49-46-43-40-24-21-18-15-12-9-3/h18,21,51,54,60-61H,7-17,19-20,22-50,52-53,55-59H2,1-6H3,(H-,64,66,68,69)/p+1/b21-18-,54-51-. The molecule has 0 spiro atoms. The summed E-state index contributed by atoms with van der Waals surface area (Å²) in [5, 5.41) is 3.04. The smallest absolute Gasteiger partial charge is 0.456 e. The molecule has 0 rings (SSSR count).